The molecule has 2 aromatic carbocycles. The standard InChI is InChI=1S/C23H21FN6O3/c24-16-3-6-19-15(9-16)10-18(22(32)28-19)20(29-26)11-27-17-4-1-13(2-5-17)23(33)30-8-7-14(12-30)21(25)31/h1-6,9-11,14H,7-8,12,26H2,(H2,25,31)(H,28,32)/t14-/m1/s1. The Kier molecular flexibility index (Phi) is 5.99. The molecule has 9 nitrogen and oxygen atoms in total. The minimum Gasteiger partial charge on any atom is -0.369 e. The van der Waals surface area contributed by atoms with Crippen LogP contribution < -0.4 is 17.1 Å². The molecule has 33 heavy (non-hydrogen) atoms. The number of nitrogens with two attached hydrogens (primary N) is 2. The highest BCUT2D eigenvalue weighted by molar-refractivity contribution is 6.38. The molecule has 1 saturated heterocycles. The van der Waals surface area contributed by atoms with Crippen LogP contribution in [-0.4, -0.2) is 46.7 Å². The summed E-state index contributed by atoms with van der Waals surface area (Å²) < 4.78 is 13.5. The number of benzene rings is 2. The van der Waals surface area contributed by atoms with Gasteiger partial charge in [-0.25, -0.2) is 4.39 Å². The van der Waals surface area contributed by atoms with Crippen LogP contribution in [0.3, 0.4) is 0 Å². The number of hydrogen-bond acceptors (Lipinski definition) is 6. The molecule has 1 aromatic heterocycles. The number of primary amides is 1. The quantitative estimate of drug-likeness (QED) is 0.309. The third kappa shape index (κ3) is 4.64. The van der Waals surface area contributed by atoms with Crippen molar-refractivity contribution in [2.75, 3.05) is 13.1 Å². The maximum Gasteiger partial charge on any atom is 0.258 e. The molecule has 5 N–H and O–H groups in total. The van der Waals surface area contributed by atoms with Gasteiger partial charge in [0.05, 0.1) is 23.4 Å². The fourth-order valence-corrected chi connectivity index (χ4v) is 3.73. The van der Waals surface area contributed by atoms with Crippen LogP contribution in [0.4, 0.5) is 10.1 Å². The van der Waals surface area contributed by atoms with Crippen molar-refractivity contribution in [1.29, 1.82) is 0 Å². The van der Waals surface area contributed by atoms with Crippen LogP contribution >= 0.6 is 0 Å². The zero-order chi connectivity index (χ0) is 23.5. The predicted octanol–water partition coefficient (Wildman–Crippen LogP) is 1.68. The van der Waals surface area contributed by atoms with Crippen molar-refractivity contribution in [2.24, 2.45) is 27.6 Å². The first kappa shape index (κ1) is 21.9. The Morgan fingerprint density at radius 1 is 1.15 bits per heavy atom. The Morgan fingerprint density at radius 2 is 1.91 bits per heavy atom. The molecule has 0 spiro atoms. The summed E-state index contributed by atoms with van der Waals surface area (Å²) in [6, 6.07) is 12.0. The van der Waals surface area contributed by atoms with Gasteiger partial charge in [-0.1, -0.05) is 0 Å². The second kappa shape index (κ2) is 9.03. The Bertz CT molecular complexity index is 1350. The lowest BCUT2D eigenvalue weighted by Gasteiger charge is -2.15. The van der Waals surface area contributed by atoms with E-state index in [1.807, 2.05) is 0 Å². The van der Waals surface area contributed by atoms with Gasteiger partial charge in [-0.2, -0.15) is 5.10 Å². The highest BCUT2D eigenvalue weighted by atomic mass is 19.1. The summed E-state index contributed by atoms with van der Waals surface area (Å²) >= 11 is 0. The Balaban J connectivity index is 1.51. The first-order chi connectivity index (χ1) is 15.9. The summed E-state index contributed by atoms with van der Waals surface area (Å²) in [6.45, 7) is 0.793. The summed E-state index contributed by atoms with van der Waals surface area (Å²) in [7, 11) is 0. The number of rotatable bonds is 5. The van der Waals surface area contributed by atoms with E-state index in [0.29, 0.717) is 41.7 Å². The lowest BCUT2D eigenvalue weighted by atomic mass is 10.1. The molecule has 3 aromatic rings. The van der Waals surface area contributed by atoms with E-state index in [-0.39, 0.29) is 23.1 Å². The molecule has 2 heterocycles. The third-order valence-corrected chi connectivity index (χ3v) is 5.55. The monoisotopic (exact) mass is 448 g/mol. The van der Waals surface area contributed by atoms with Crippen molar-refractivity contribution in [1.82, 2.24) is 9.88 Å². The molecule has 1 fully saturated rings. The normalized spacial score (nSPS) is 16.6. The van der Waals surface area contributed by atoms with Gasteiger partial charge in [0.2, 0.25) is 5.91 Å². The predicted molar refractivity (Wildman–Crippen MR) is 123 cm³/mol. The van der Waals surface area contributed by atoms with Crippen LogP contribution in [0, 0.1) is 11.7 Å². The third-order valence-electron chi connectivity index (χ3n) is 5.55. The van der Waals surface area contributed by atoms with E-state index in [2.05, 4.69) is 15.1 Å². The fraction of sp³-hybridized carbons (Fsp3) is 0.174. The van der Waals surface area contributed by atoms with Crippen molar-refractivity contribution < 1.29 is 14.0 Å². The van der Waals surface area contributed by atoms with E-state index in [0.717, 1.165) is 0 Å². The molecular weight excluding hydrogens is 427 g/mol. The lowest BCUT2D eigenvalue weighted by Crippen LogP contribution is -2.31. The molecule has 168 valence electrons. The second-order valence-corrected chi connectivity index (χ2v) is 7.70. The van der Waals surface area contributed by atoms with Gasteiger partial charge in [0.1, 0.15) is 11.5 Å². The molecule has 0 unspecified atom stereocenters. The summed E-state index contributed by atoms with van der Waals surface area (Å²) in [6.07, 6.45) is 1.88. The summed E-state index contributed by atoms with van der Waals surface area (Å²) in [5.41, 5.74) is 6.59. The number of carbonyl (C=O) groups is 2. The first-order valence-electron chi connectivity index (χ1n) is 10.2. The minimum atomic E-state index is -0.439. The maximum atomic E-state index is 13.5. The highest BCUT2D eigenvalue weighted by Crippen LogP contribution is 2.20. The molecule has 4 rings (SSSR count). The average Bonchev–Trinajstić information content (AvgIpc) is 3.31. The van der Waals surface area contributed by atoms with Gasteiger partial charge in [0.15, 0.2) is 0 Å². The van der Waals surface area contributed by atoms with E-state index < -0.39 is 17.3 Å². The van der Waals surface area contributed by atoms with Crippen LogP contribution in [-0.2, 0) is 4.79 Å². The molecule has 1 aliphatic rings. The van der Waals surface area contributed by atoms with Crippen LogP contribution in [0.5, 0.6) is 0 Å². The number of halogens is 1. The number of carbonyl (C=O) groups excluding carboxylic acids is 2. The molecule has 1 atom stereocenters. The minimum absolute atomic E-state index is 0.108. The van der Waals surface area contributed by atoms with Gasteiger partial charge >= 0.3 is 0 Å². The molecule has 0 bridgehead atoms. The number of fused-ring (bicyclic) bond motifs is 1. The van der Waals surface area contributed by atoms with Crippen LogP contribution in [0.2, 0.25) is 0 Å². The molecule has 0 aliphatic carbocycles. The summed E-state index contributed by atoms with van der Waals surface area (Å²) in [5.74, 6) is 4.12. The number of hydrazone groups is 1. The van der Waals surface area contributed by atoms with Crippen molar-refractivity contribution in [3.05, 3.63) is 75.8 Å². The Hall–Kier alpha value is -4.34. The maximum absolute atomic E-state index is 13.5. The van der Waals surface area contributed by atoms with E-state index in [4.69, 9.17) is 11.6 Å². The number of aliphatic imine (C=N–C) groups is 1. The van der Waals surface area contributed by atoms with E-state index in [1.165, 1.54) is 30.5 Å². The number of nitrogens with zero attached hydrogens (tertiary/aromatic N) is 3. The average molecular weight is 448 g/mol. The van der Waals surface area contributed by atoms with Crippen LogP contribution in [0.1, 0.15) is 22.3 Å². The molecule has 0 saturated carbocycles. The zero-order valence-corrected chi connectivity index (χ0v) is 17.5. The molecule has 10 heteroatoms. The van der Waals surface area contributed by atoms with Crippen molar-refractivity contribution in [3.63, 3.8) is 0 Å². The van der Waals surface area contributed by atoms with Gasteiger partial charge in [-0.3, -0.25) is 19.4 Å². The van der Waals surface area contributed by atoms with Gasteiger partial charge in [0.25, 0.3) is 11.5 Å². The number of H-pyrrole nitrogens is 1. The Morgan fingerprint density at radius 3 is 2.58 bits per heavy atom. The smallest absolute Gasteiger partial charge is 0.258 e. The lowest BCUT2D eigenvalue weighted by molar-refractivity contribution is -0.121. The Labute approximate surface area is 187 Å². The van der Waals surface area contributed by atoms with E-state index in [1.54, 1.807) is 29.2 Å². The number of likely N-dealkylation sites (tertiary alicyclic amines) is 1. The van der Waals surface area contributed by atoms with Gasteiger partial charge < -0.3 is 21.5 Å². The molecule has 0 radical (unpaired) electrons. The highest BCUT2D eigenvalue weighted by Gasteiger charge is 2.30. The van der Waals surface area contributed by atoms with Crippen molar-refractivity contribution in [2.45, 2.75) is 6.42 Å². The second-order valence-electron chi connectivity index (χ2n) is 7.70. The van der Waals surface area contributed by atoms with Gasteiger partial charge in [-0.05, 0) is 55.0 Å². The van der Waals surface area contributed by atoms with E-state index >= 15 is 0 Å². The van der Waals surface area contributed by atoms with Gasteiger partial charge in [-0.15, -0.1) is 0 Å². The number of aromatic amines is 1. The fourth-order valence-electron chi connectivity index (χ4n) is 3.73. The largest absolute Gasteiger partial charge is 0.369 e. The number of nitrogens with one attached hydrogen (secondary N) is 1. The van der Waals surface area contributed by atoms with Crippen molar-refractivity contribution in [3.8, 4) is 0 Å². The number of hydrogen-bond donors (Lipinski definition) is 3. The van der Waals surface area contributed by atoms with Crippen LogP contribution in [0.25, 0.3) is 10.9 Å². The summed E-state index contributed by atoms with van der Waals surface area (Å²) in [5, 5.41) is 4.13. The SMILES string of the molecule is NN=C(C=Nc1ccc(C(=O)N2CC[C@@H](C(N)=O)C2)cc1)c1cc2cc(F)ccc2[nH]c1=O. The van der Waals surface area contributed by atoms with Gasteiger partial charge in [0, 0.05) is 29.6 Å². The topological polar surface area (TPSA) is 147 Å². The molecule has 2 amide bonds. The molecule has 1 aliphatic heterocycles. The molecular formula is C23H21FN6O3. The number of pyridine rings is 1. The van der Waals surface area contributed by atoms with E-state index in [9.17, 15) is 18.8 Å². The number of aromatic nitrogens is 1. The summed E-state index contributed by atoms with van der Waals surface area (Å²) in [4.78, 5) is 44.9. The van der Waals surface area contributed by atoms with Crippen molar-refractivity contribution >= 4 is 40.3 Å². The first-order valence-corrected chi connectivity index (χ1v) is 10.2. The number of amides is 2. The van der Waals surface area contributed by atoms with Crippen LogP contribution in [0.15, 0.2) is 63.4 Å². The zero-order valence-electron chi connectivity index (χ0n) is 17.5.